The van der Waals surface area contributed by atoms with Crippen LogP contribution in [0.2, 0.25) is 5.02 Å². The molecule has 1 aromatic rings. The van der Waals surface area contributed by atoms with Crippen molar-refractivity contribution in [3.8, 4) is 0 Å². The second-order valence-electron chi connectivity index (χ2n) is 5.15. The maximum atomic E-state index is 12.3. The Bertz CT molecular complexity index is 507. The number of hydrogen-bond donors (Lipinski definition) is 2. The maximum absolute atomic E-state index is 12.3. The molecule has 22 heavy (non-hydrogen) atoms. The van der Waals surface area contributed by atoms with E-state index < -0.39 is 0 Å². The van der Waals surface area contributed by atoms with Crippen LogP contribution in [0.25, 0.3) is 0 Å². The number of benzene rings is 1. The standard InChI is InChI=1S/C16H21ClN2O3/c1-2-8-19(9-10-20)16(21)18-14-7-11-22-15(14)12-3-5-13(17)6-4-12/h2-6,14-15,20H,1,7-11H2,(H,18,21). The quantitative estimate of drug-likeness (QED) is 0.790. The molecular formula is C16H21ClN2O3. The molecule has 120 valence electrons. The molecule has 2 N–H and O–H groups in total. The molecule has 0 aliphatic carbocycles. The number of ether oxygens (including phenoxy) is 1. The Morgan fingerprint density at radius 3 is 2.86 bits per heavy atom. The number of nitrogens with one attached hydrogen (secondary N) is 1. The predicted octanol–water partition coefficient (Wildman–Crippen LogP) is 2.36. The summed E-state index contributed by atoms with van der Waals surface area (Å²) < 4.78 is 5.75. The van der Waals surface area contributed by atoms with Gasteiger partial charge in [0.05, 0.1) is 12.6 Å². The molecule has 1 fully saturated rings. The Hall–Kier alpha value is -1.56. The smallest absolute Gasteiger partial charge is 0.318 e. The van der Waals surface area contributed by atoms with E-state index in [1.54, 1.807) is 6.08 Å². The normalized spacial score (nSPS) is 20.6. The van der Waals surface area contributed by atoms with Crippen molar-refractivity contribution in [3.05, 3.63) is 47.5 Å². The van der Waals surface area contributed by atoms with Gasteiger partial charge in [0, 0.05) is 24.7 Å². The molecule has 0 spiro atoms. The second-order valence-corrected chi connectivity index (χ2v) is 5.58. The van der Waals surface area contributed by atoms with Crippen molar-refractivity contribution >= 4 is 17.6 Å². The Morgan fingerprint density at radius 1 is 1.50 bits per heavy atom. The van der Waals surface area contributed by atoms with Gasteiger partial charge in [0.15, 0.2) is 0 Å². The van der Waals surface area contributed by atoms with Gasteiger partial charge in [-0.3, -0.25) is 0 Å². The number of urea groups is 1. The first-order valence-electron chi connectivity index (χ1n) is 7.30. The van der Waals surface area contributed by atoms with Crippen LogP contribution < -0.4 is 5.32 Å². The summed E-state index contributed by atoms with van der Waals surface area (Å²) >= 11 is 5.90. The van der Waals surface area contributed by atoms with E-state index >= 15 is 0 Å². The van der Waals surface area contributed by atoms with Crippen LogP contribution in [-0.2, 0) is 4.74 Å². The number of aliphatic hydroxyl groups is 1. The first kappa shape index (κ1) is 16.8. The zero-order chi connectivity index (χ0) is 15.9. The number of amides is 2. The van der Waals surface area contributed by atoms with Gasteiger partial charge < -0.3 is 20.1 Å². The monoisotopic (exact) mass is 324 g/mol. The topological polar surface area (TPSA) is 61.8 Å². The van der Waals surface area contributed by atoms with Gasteiger partial charge in [0.2, 0.25) is 0 Å². The summed E-state index contributed by atoms with van der Waals surface area (Å²) in [5.74, 6) is 0. The summed E-state index contributed by atoms with van der Waals surface area (Å²) in [4.78, 5) is 13.8. The summed E-state index contributed by atoms with van der Waals surface area (Å²) in [5, 5.41) is 12.7. The van der Waals surface area contributed by atoms with Crippen molar-refractivity contribution < 1.29 is 14.6 Å². The van der Waals surface area contributed by atoms with Crippen LogP contribution in [0.3, 0.4) is 0 Å². The highest BCUT2D eigenvalue weighted by Crippen LogP contribution is 2.30. The number of carbonyl (C=O) groups is 1. The number of hydrogen-bond acceptors (Lipinski definition) is 3. The van der Waals surface area contributed by atoms with Gasteiger partial charge in [0.25, 0.3) is 0 Å². The maximum Gasteiger partial charge on any atom is 0.318 e. The minimum absolute atomic E-state index is 0.0803. The highest BCUT2D eigenvalue weighted by molar-refractivity contribution is 6.30. The molecule has 0 saturated carbocycles. The lowest BCUT2D eigenvalue weighted by molar-refractivity contribution is 0.0978. The molecule has 0 aromatic heterocycles. The van der Waals surface area contributed by atoms with Crippen LogP contribution in [0.4, 0.5) is 4.79 Å². The predicted molar refractivity (Wildman–Crippen MR) is 85.9 cm³/mol. The lowest BCUT2D eigenvalue weighted by atomic mass is 10.0. The molecule has 1 heterocycles. The third-order valence-electron chi connectivity index (χ3n) is 3.61. The molecule has 1 aliphatic rings. The average Bonchev–Trinajstić information content (AvgIpc) is 2.96. The Morgan fingerprint density at radius 2 is 2.23 bits per heavy atom. The van der Waals surface area contributed by atoms with Crippen molar-refractivity contribution in [1.82, 2.24) is 10.2 Å². The SMILES string of the molecule is C=CCN(CCO)C(=O)NC1CCOC1c1ccc(Cl)cc1. The van der Waals surface area contributed by atoms with Crippen molar-refractivity contribution in [2.24, 2.45) is 0 Å². The first-order valence-corrected chi connectivity index (χ1v) is 7.67. The van der Waals surface area contributed by atoms with Gasteiger partial charge >= 0.3 is 6.03 Å². The minimum atomic E-state index is -0.219. The van der Waals surface area contributed by atoms with Crippen molar-refractivity contribution in [3.63, 3.8) is 0 Å². The Labute approximate surface area is 135 Å². The summed E-state index contributed by atoms with van der Waals surface area (Å²) in [6.45, 7) is 4.81. The molecule has 6 heteroatoms. The number of rotatable bonds is 6. The number of carbonyl (C=O) groups excluding carboxylic acids is 1. The zero-order valence-electron chi connectivity index (χ0n) is 12.4. The van der Waals surface area contributed by atoms with E-state index in [2.05, 4.69) is 11.9 Å². The van der Waals surface area contributed by atoms with Crippen LogP contribution >= 0.6 is 11.6 Å². The van der Waals surface area contributed by atoms with Gasteiger partial charge in [-0.15, -0.1) is 6.58 Å². The fraction of sp³-hybridized carbons (Fsp3) is 0.438. The average molecular weight is 325 g/mol. The van der Waals surface area contributed by atoms with Gasteiger partial charge in [-0.1, -0.05) is 29.8 Å². The Kier molecular flexibility index (Phi) is 6.24. The second kappa shape index (κ2) is 8.17. The highest BCUT2D eigenvalue weighted by atomic mass is 35.5. The molecule has 1 saturated heterocycles. The van der Waals surface area contributed by atoms with E-state index in [9.17, 15) is 4.79 Å². The molecule has 2 unspecified atom stereocenters. The van der Waals surface area contributed by atoms with Crippen molar-refractivity contribution in [2.45, 2.75) is 18.6 Å². The number of aliphatic hydroxyl groups excluding tert-OH is 1. The molecule has 1 aliphatic heterocycles. The first-order chi connectivity index (χ1) is 10.7. The lowest BCUT2D eigenvalue weighted by Crippen LogP contribution is -2.46. The third kappa shape index (κ3) is 4.22. The number of nitrogens with zero attached hydrogens (tertiary/aromatic N) is 1. The molecule has 2 atom stereocenters. The lowest BCUT2D eigenvalue weighted by Gasteiger charge is -2.25. The summed E-state index contributed by atoms with van der Waals surface area (Å²) in [6, 6.07) is 7.13. The van der Waals surface area contributed by atoms with E-state index in [0.29, 0.717) is 18.2 Å². The largest absolute Gasteiger partial charge is 0.395 e. The minimum Gasteiger partial charge on any atom is -0.395 e. The molecule has 0 radical (unpaired) electrons. The third-order valence-corrected chi connectivity index (χ3v) is 3.86. The molecule has 1 aromatic carbocycles. The van der Waals surface area contributed by atoms with Gasteiger partial charge in [-0.05, 0) is 24.1 Å². The molecule has 0 bridgehead atoms. The van der Waals surface area contributed by atoms with Gasteiger partial charge in [-0.2, -0.15) is 0 Å². The van der Waals surface area contributed by atoms with Crippen LogP contribution in [0.1, 0.15) is 18.1 Å². The van der Waals surface area contributed by atoms with Crippen LogP contribution in [-0.4, -0.2) is 48.4 Å². The van der Waals surface area contributed by atoms with Gasteiger partial charge in [0.1, 0.15) is 6.10 Å². The van der Waals surface area contributed by atoms with Crippen LogP contribution in [0, 0.1) is 0 Å². The molecular weight excluding hydrogens is 304 g/mol. The molecule has 5 nitrogen and oxygen atoms in total. The highest BCUT2D eigenvalue weighted by Gasteiger charge is 2.31. The zero-order valence-corrected chi connectivity index (χ0v) is 13.1. The van der Waals surface area contributed by atoms with Crippen molar-refractivity contribution in [2.75, 3.05) is 26.3 Å². The van der Waals surface area contributed by atoms with E-state index in [1.165, 1.54) is 4.90 Å². The summed E-state index contributed by atoms with van der Waals surface area (Å²) in [5.41, 5.74) is 0.990. The summed E-state index contributed by atoms with van der Waals surface area (Å²) in [7, 11) is 0. The van der Waals surface area contributed by atoms with E-state index in [4.69, 9.17) is 21.4 Å². The fourth-order valence-corrected chi connectivity index (χ4v) is 2.65. The Balaban J connectivity index is 2.02. The fourth-order valence-electron chi connectivity index (χ4n) is 2.52. The molecule has 2 amide bonds. The van der Waals surface area contributed by atoms with E-state index in [1.807, 2.05) is 24.3 Å². The van der Waals surface area contributed by atoms with Crippen LogP contribution in [0.15, 0.2) is 36.9 Å². The van der Waals surface area contributed by atoms with Crippen molar-refractivity contribution in [1.29, 1.82) is 0 Å². The van der Waals surface area contributed by atoms with Gasteiger partial charge in [-0.25, -0.2) is 4.79 Å². The number of halogens is 1. The summed E-state index contributed by atoms with van der Waals surface area (Å²) in [6.07, 6.45) is 2.21. The van der Waals surface area contributed by atoms with E-state index in [-0.39, 0.29) is 31.3 Å². The van der Waals surface area contributed by atoms with Crippen LogP contribution in [0.5, 0.6) is 0 Å². The molecule has 2 rings (SSSR count). The van der Waals surface area contributed by atoms with E-state index in [0.717, 1.165) is 12.0 Å².